The van der Waals surface area contributed by atoms with E-state index >= 15 is 0 Å². The average Bonchev–Trinajstić information content (AvgIpc) is 2.63. The lowest BCUT2D eigenvalue weighted by atomic mass is 10.1. The van der Waals surface area contributed by atoms with Crippen molar-refractivity contribution >= 4 is 6.09 Å². The monoisotopic (exact) mass is 236 g/mol. The van der Waals surface area contributed by atoms with Crippen molar-refractivity contribution in [2.45, 2.75) is 38.7 Å². The normalized spacial score (nSPS) is 27.4. The molecule has 94 valence electrons. The molecule has 16 heavy (non-hydrogen) atoms. The topological polar surface area (TPSA) is 64.3 Å². The molecule has 0 heterocycles. The Labute approximate surface area is 93.5 Å². The zero-order chi connectivity index (χ0) is 12.6. The second-order valence-corrected chi connectivity index (χ2v) is 5.22. The van der Waals surface area contributed by atoms with Crippen LogP contribution in [-0.4, -0.2) is 30.7 Å². The highest BCUT2D eigenvalue weighted by Gasteiger charge is 2.70. The van der Waals surface area contributed by atoms with Crippen molar-refractivity contribution in [2.24, 2.45) is 11.1 Å². The van der Waals surface area contributed by atoms with Crippen LogP contribution in [0.1, 0.15) is 27.2 Å². The van der Waals surface area contributed by atoms with Gasteiger partial charge in [0.2, 0.25) is 0 Å². The number of nitrogens with one attached hydrogen (secondary N) is 1. The zero-order valence-electron chi connectivity index (χ0n) is 9.77. The first-order chi connectivity index (χ1) is 7.12. The van der Waals surface area contributed by atoms with Crippen molar-refractivity contribution in [3.8, 4) is 0 Å². The van der Waals surface area contributed by atoms with Gasteiger partial charge in [0.15, 0.2) is 0 Å². The Bertz CT molecular complexity index is 289. The highest BCUT2D eigenvalue weighted by molar-refractivity contribution is 5.67. The summed E-state index contributed by atoms with van der Waals surface area (Å²) >= 11 is 0. The molecule has 1 aliphatic rings. The summed E-state index contributed by atoms with van der Waals surface area (Å²) in [5, 5.41) is 2.33. The van der Waals surface area contributed by atoms with E-state index in [1.807, 2.05) is 0 Å². The Hall–Kier alpha value is -0.910. The molecule has 3 N–H and O–H groups in total. The molecule has 0 aromatic rings. The molecule has 1 fully saturated rings. The number of halogens is 2. The van der Waals surface area contributed by atoms with Crippen LogP contribution < -0.4 is 11.1 Å². The fourth-order valence-electron chi connectivity index (χ4n) is 1.42. The maximum absolute atomic E-state index is 13.0. The van der Waals surface area contributed by atoms with Gasteiger partial charge in [-0.3, -0.25) is 0 Å². The van der Waals surface area contributed by atoms with Crippen LogP contribution in [-0.2, 0) is 4.74 Å². The summed E-state index contributed by atoms with van der Waals surface area (Å²) in [6.07, 6.45) is -0.963. The number of hydrogen-bond donors (Lipinski definition) is 2. The van der Waals surface area contributed by atoms with Crippen LogP contribution in [0.2, 0.25) is 0 Å². The Balaban J connectivity index is 2.39. The molecule has 4 nitrogen and oxygen atoms in total. The summed E-state index contributed by atoms with van der Waals surface area (Å²) in [4.78, 5) is 11.2. The van der Waals surface area contributed by atoms with Gasteiger partial charge in [-0.25, -0.2) is 13.6 Å². The third kappa shape index (κ3) is 2.81. The van der Waals surface area contributed by atoms with Crippen LogP contribution in [0.3, 0.4) is 0 Å². The number of ether oxygens (including phenoxy) is 1. The van der Waals surface area contributed by atoms with Gasteiger partial charge in [0.05, 0.1) is 5.41 Å². The van der Waals surface area contributed by atoms with E-state index in [4.69, 9.17) is 10.5 Å². The fraction of sp³-hybridized carbons (Fsp3) is 0.900. The third-order valence-corrected chi connectivity index (χ3v) is 2.57. The predicted molar refractivity (Wildman–Crippen MR) is 55.3 cm³/mol. The minimum atomic E-state index is -2.77. The van der Waals surface area contributed by atoms with Crippen LogP contribution >= 0.6 is 0 Å². The first kappa shape index (κ1) is 13.2. The fourth-order valence-corrected chi connectivity index (χ4v) is 1.42. The molecule has 1 atom stereocenters. The molecule has 1 aliphatic carbocycles. The van der Waals surface area contributed by atoms with Gasteiger partial charge in [-0.05, 0) is 20.8 Å². The van der Waals surface area contributed by atoms with Crippen molar-refractivity contribution in [3.05, 3.63) is 0 Å². The SMILES string of the molecule is CC(C)(C)OC(=O)NCC1(CN)CC1(F)F. The van der Waals surface area contributed by atoms with E-state index < -0.39 is 23.0 Å². The largest absolute Gasteiger partial charge is 0.444 e. The lowest BCUT2D eigenvalue weighted by Crippen LogP contribution is -2.39. The molecular formula is C10H18F2N2O2. The lowest BCUT2D eigenvalue weighted by Gasteiger charge is -2.21. The molecule has 0 radical (unpaired) electrons. The van der Waals surface area contributed by atoms with Crippen molar-refractivity contribution in [1.82, 2.24) is 5.32 Å². The third-order valence-electron chi connectivity index (χ3n) is 2.57. The summed E-state index contributed by atoms with van der Waals surface area (Å²) < 4.78 is 30.9. The van der Waals surface area contributed by atoms with Crippen LogP contribution in [0.15, 0.2) is 0 Å². The first-order valence-electron chi connectivity index (χ1n) is 5.17. The van der Waals surface area contributed by atoms with E-state index in [-0.39, 0.29) is 19.5 Å². The van der Waals surface area contributed by atoms with Gasteiger partial charge in [-0.15, -0.1) is 0 Å². The minimum absolute atomic E-state index is 0.143. The number of rotatable bonds is 3. The van der Waals surface area contributed by atoms with E-state index in [9.17, 15) is 13.6 Å². The van der Waals surface area contributed by atoms with Gasteiger partial charge in [0.25, 0.3) is 5.92 Å². The Kier molecular flexibility index (Phi) is 3.15. The van der Waals surface area contributed by atoms with Gasteiger partial charge in [0, 0.05) is 19.5 Å². The molecule has 1 rings (SSSR count). The standard InChI is InChI=1S/C10H18F2N2O2/c1-8(2,3)16-7(15)14-6-9(5-13)4-10(9,11)12/h4-6,13H2,1-3H3,(H,14,15). The number of alkyl carbamates (subject to hydrolysis) is 1. The van der Waals surface area contributed by atoms with E-state index in [0.717, 1.165) is 0 Å². The number of amides is 1. The van der Waals surface area contributed by atoms with Crippen LogP contribution in [0.4, 0.5) is 13.6 Å². The van der Waals surface area contributed by atoms with E-state index in [2.05, 4.69) is 5.32 Å². The average molecular weight is 236 g/mol. The highest BCUT2D eigenvalue weighted by atomic mass is 19.3. The number of carbonyl (C=O) groups is 1. The van der Waals surface area contributed by atoms with Gasteiger partial charge < -0.3 is 15.8 Å². The summed E-state index contributed by atoms with van der Waals surface area (Å²) in [7, 11) is 0. The summed E-state index contributed by atoms with van der Waals surface area (Å²) in [6.45, 7) is 4.83. The molecule has 1 saturated carbocycles. The number of alkyl halides is 2. The van der Waals surface area contributed by atoms with Crippen molar-refractivity contribution in [3.63, 3.8) is 0 Å². The molecular weight excluding hydrogens is 218 g/mol. The molecule has 0 saturated heterocycles. The maximum atomic E-state index is 13.0. The second-order valence-electron chi connectivity index (χ2n) is 5.22. The smallest absolute Gasteiger partial charge is 0.407 e. The summed E-state index contributed by atoms with van der Waals surface area (Å²) in [6, 6.07) is 0. The molecule has 0 spiro atoms. The van der Waals surface area contributed by atoms with E-state index in [0.29, 0.717) is 0 Å². The molecule has 0 bridgehead atoms. The molecule has 0 aliphatic heterocycles. The van der Waals surface area contributed by atoms with Gasteiger partial charge >= 0.3 is 6.09 Å². The maximum Gasteiger partial charge on any atom is 0.407 e. The van der Waals surface area contributed by atoms with E-state index in [1.165, 1.54) is 0 Å². The van der Waals surface area contributed by atoms with Crippen molar-refractivity contribution in [1.29, 1.82) is 0 Å². The zero-order valence-corrected chi connectivity index (χ0v) is 9.77. The van der Waals surface area contributed by atoms with Gasteiger partial charge in [0.1, 0.15) is 5.60 Å². The predicted octanol–water partition coefficient (Wildman–Crippen LogP) is 1.50. The molecule has 0 aromatic carbocycles. The van der Waals surface area contributed by atoms with Crippen LogP contribution in [0, 0.1) is 5.41 Å². The number of hydrogen-bond acceptors (Lipinski definition) is 3. The number of nitrogens with two attached hydrogens (primary N) is 1. The van der Waals surface area contributed by atoms with Gasteiger partial charge in [-0.1, -0.05) is 0 Å². The molecule has 1 amide bonds. The van der Waals surface area contributed by atoms with Crippen LogP contribution in [0.5, 0.6) is 0 Å². The summed E-state index contributed by atoms with van der Waals surface area (Å²) in [5.74, 6) is -2.77. The lowest BCUT2D eigenvalue weighted by molar-refractivity contribution is 0.0447. The quantitative estimate of drug-likeness (QED) is 0.780. The van der Waals surface area contributed by atoms with Gasteiger partial charge in [-0.2, -0.15) is 0 Å². The first-order valence-corrected chi connectivity index (χ1v) is 5.17. The van der Waals surface area contributed by atoms with Crippen LogP contribution in [0.25, 0.3) is 0 Å². The Morgan fingerprint density at radius 2 is 2.00 bits per heavy atom. The highest BCUT2D eigenvalue weighted by Crippen LogP contribution is 2.59. The Morgan fingerprint density at radius 1 is 1.50 bits per heavy atom. The number of carbonyl (C=O) groups excluding carboxylic acids is 1. The minimum Gasteiger partial charge on any atom is -0.444 e. The molecule has 6 heteroatoms. The second kappa shape index (κ2) is 3.84. The van der Waals surface area contributed by atoms with Crippen molar-refractivity contribution in [2.75, 3.05) is 13.1 Å². The van der Waals surface area contributed by atoms with E-state index in [1.54, 1.807) is 20.8 Å². The molecule has 0 aromatic heterocycles. The Morgan fingerprint density at radius 3 is 2.31 bits per heavy atom. The summed E-state index contributed by atoms with van der Waals surface area (Å²) in [5.41, 5.74) is 3.38. The van der Waals surface area contributed by atoms with Crippen molar-refractivity contribution < 1.29 is 18.3 Å². The molecule has 1 unspecified atom stereocenters.